The van der Waals surface area contributed by atoms with Gasteiger partial charge in [-0.2, -0.15) is 4.52 Å². The fraction of sp³-hybridized carbons (Fsp3) is 0.600. The number of rotatable bonds is 5. The van der Waals surface area contributed by atoms with E-state index < -0.39 is 0 Å². The Hall–Kier alpha value is -1.76. The van der Waals surface area contributed by atoms with Crippen LogP contribution in [-0.4, -0.2) is 42.3 Å². The Bertz CT molecular complexity index is 498. The molecule has 0 radical (unpaired) electrons. The fourth-order valence-corrected chi connectivity index (χ4v) is 1.64. The molecule has 0 aliphatic rings. The largest absolute Gasteiger partial charge is 0.396 e. The van der Waals surface area contributed by atoms with E-state index in [-0.39, 0.29) is 12.1 Å². The maximum atomic E-state index is 9.08. The normalized spacial score (nSPS) is 14.8. The zero-order chi connectivity index (χ0) is 12.3. The van der Waals surface area contributed by atoms with Crippen molar-refractivity contribution in [2.75, 3.05) is 11.9 Å². The van der Waals surface area contributed by atoms with E-state index in [0.717, 1.165) is 12.2 Å². The number of hydrogen-bond acceptors (Lipinski definition) is 6. The standard InChI is InChI=1S/C10H16N6O/c1-3-10(2,4-5-17)12-8-6-11-7-9-13-14-15-16(8)9/h6-7,12,17H,3-5H2,1-2H3. The van der Waals surface area contributed by atoms with Gasteiger partial charge in [-0.1, -0.05) is 6.92 Å². The van der Waals surface area contributed by atoms with Crippen LogP contribution in [0.1, 0.15) is 26.7 Å². The molecule has 0 saturated heterocycles. The summed E-state index contributed by atoms with van der Waals surface area (Å²) in [5, 5.41) is 23.7. The van der Waals surface area contributed by atoms with E-state index in [0.29, 0.717) is 12.1 Å². The summed E-state index contributed by atoms with van der Waals surface area (Å²) in [6.45, 7) is 4.25. The van der Waals surface area contributed by atoms with Crippen molar-refractivity contribution in [1.82, 2.24) is 25.0 Å². The molecule has 2 aromatic heterocycles. The van der Waals surface area contributed by atoms with Gasteiger partial charge in [-0.05, 0) is 30.2 Å². The molecular formula is C10H16N6O. The van der Waals surface area contributed by atoms with Gasteiger partial charge >= 0.3 is 0 Å². The minimum absolute atomic E-state index is 0.135. The van der Waals surface area contributed by atoms with Crippen LogP contribution in [0.2, 0.25) is 0 Å². The Morgan fingerprint density at radius 3 is 3.00 bits per heavy atom. The molecule has 0 aliphatic heterocycles. The number of hydrogen-bond donors (Lipinski definition) is 2. The summed E-state index contributed by atoms with van der Waals surface area (Å²) in [6, 6.07) is 0. The van der Waals surface area contributed by atoms with Crippen LogP contribution in [0, 0.1) is 0 Å². The lowest BCUT2D eigenvalue weighted by atomic mass is 9.95. The van der Waals surface area contributed by atoms with Gasteiger partial charge < -0.3 is 10.4 Å². The zero-order valence-electron chi connectivity index (χ0n) is 9.96. The molecule has 0 amide bonds. The van der Waals surface area contributed by atoms with Crippen molar-refractivity contribution in [1.29, 1.82) is 0 Å². The Morgan fingerprint density at radius 1 is 1.47 bits per heavy atom. The van der Waals surface area contributed by atoms with Gasteiger partial charge in [0.05, 0.1) is 12.4 Å². The quantitative estimate of drug-likeness (QED) is 0.785. The Kier molecular flexibility index (Phi) is 3.19. The molecule has 0 aromatic carbocycles. The number of aliphatic hydroxyl groups excluding tert-OH is 1. The second-order valence-corrected chi connectivity index (χ2v) is 4.25. The first kappa shape index (κ1) is 11.7. The average Bonchev–Trinajstić information content (AvgIpc) is 2.78. The van der Waals surface area contributed by atoms with Crippen molar-refractivity contribution in [2.45, 2.75) is 32.2 Å². The second-order valence-electron chi connectivity index (χ2n) is 4.25. The minimum Gasteiger partial charge on any atom is -0.396 e. The molecule has 2 rings (SSSR count). The van der Waals surface area contributed by atoms with Crippen molar-refractivity contribution < 1.29 is 5.11 Å². The lowest BCUT2D eigenvalue weighted by molar-refractivity contribution is 0.251. The van der Waals surface area contributed by atoms with E-state index >= 15 is 0 Å². The lowest BCUT2D eigenvalue weighted by Gasteiger charge is -2.29. The van der Waals surface area contributed by atoms with Crippen molar-refractivity contribution in [2.24, 2.45) is 0 Å². The third-order valence-corrected chi connectivity index (χ3v) is 2.98. The minimum atomic E-state index is -0.198. The van der Waals surface area contributed by atoms with Crippen LogP contribution in [0.3, 0.4) is 0 Å². The van der Waals surface area contributed by atoms with Gasteiger partial charge in [-0.15, -0.1) is 5.10 Å². The van der Waals surface area contributed by atoms with Crippen LogP contribution >= 0.6 is 0 Å². The first-order valence-corrected chi connectivity index (χ1v) is 5.60. The van der Waals surface area contributed by atoms with Gasteiger partial charge in [0, 0.05) is 12.1 Å². The van der Waals surface area contributed by atoms with Gasteiger partial charge in [0.1, 0.15) is 0 Å². The summed E-state index contributed by atoms with van der Waals surface area (Å²) in [5.41, 5.74) is 0.397. The van der Waals surface area contributed by atoms with Crippen molar-refractivity contribution in [3.8, 4) is 0 Å². The molecule has 0 bridgehead atoms. The first-order chi connectivity index (χ1) is 8.18. The van der Waals surface area contributed by atoms with Gasteiger partial charge in [-0.25, -0.2) is 0 Å². The molecule has 0 fully saturated rings. The lowest BCUT2D eigenvalue weighted by Crippen LogP contribution is -2.35. The maximum absolute atomic E-state index is 9.08. The summed E-state index contributed by atoms with van der Waals surface area (Å²) in [4.78, 5) is 4.08. The first-order valence-electron chi connectivity index (χ1n) is 5.60. The third-order valence-electron chi connectivity index (χ3n) is 2.98. The number of fused-ring (bicyclic) bond motifs is 1. The van der Waals surface area contributed by atoms with E-state index in [9.17, 15) is 0 Å². The maximum Gasteiger partial charge on any atom is 0.199 e. The second kappa shape index (κ2) is 4.62. The number of tetrazole rings is 1. The predicted molar refractivity (Wildman–Crippen MR) is 62.6 cm³/mol. The summed E-state index contributed by atoms with van der Waals surface area (Å²) >= 11 is 0. The SMILES string of the molecule is CCC(C)(CCO)Nc1cncc2nnnn12. The highest BCUT2D eigenvalue weighted by Crippen LogP contribution is 2.20. The van der Waals surface area contributed by atoms with Crippen LogP contribution in [0.4, 0.5) is 5.82 Å². The van der Waals surface area contributed by atoms with Crippen molar-refractivity contribution in [3.63, 3.8) is 0 Å². The number of nitrogens with one attached hydrogen (secondary N) is 1. The van der Waals surface area contributed by atoms with Crippen LogP contribution in [0.25, 0.3) is 5.65 Å². The van der Waals surface area contributed by atoms with Crippen LogP contribution < -0.4 is 5.32 Å². The average molecular weight is 236 g/mol. The predicted octanol–water partition coefficient (Wildman–Crippen LogP) is 0.482. The summed E-state index contributed by atoms with van der Waals surface area (Å²) in [6.07, 6.45) is 4.81. The van der Waals surface area contributed by atoms with Gasteiger partial charge in [-0.3, -0.25) is 4.98 Å². The highest BCUT2D eigenvalue weighted by Gasteiger charge is 2.22. The van der Waals surface area contributed by atoms with E-state index in [1.807, 2.05) is 6.92 Å². The Morgan fingerprint density at radius 2 is 2.29 bits per heavy atom. The number of nitrogens with zero attached hydrogens (tertiary/aromatic N) is 5. The number of aliphatic hydroxyl groups is 1. The molecular weight excluding hydrogens is 220 g/mol. The third kappa shape index (κ3) is 2.33. The van der Waals surface area contributed by atoms with Crippen LogP contribution in [0.5, 0.6) is 0 Å². The monoisotopic (exact) mass is 236 g/mol. The summed E-state index contributed by atoms with van der Waals surface area (Å²) in [7, 11) is 0. The molecule has 7 heteroatoms. The fourth-order valence-electron chi connectivity index (χ4n) is 1.64. The summed E-state index contributed by atoms with van der Waals surface area (Å²) < 4.78 is 1.60. The molecule has 2 heterocycles. The van der Waals surface area contributed by atoms with Crippen molar-refractivity contribution >= 4 is 11.5 Å². The molecule has 2 aromatic rings. The van der Waals surface area contributed by atoms with Gasteiger partial charge in [0.25, 0.3) is 0 Å². The number of anilines is 1. The van der Waals surface area contributed by atoms with E-state index in [1.54, 1.807) is 16.9 Å². The Labute approximate surface area is 98.9 Å². The molecule has 2 N–H and O–H groups in total. The molecule has 0 spiro atoms. The number of aromatic nitrogens is 5. The van der Waals surface area contributed by atoms with E-state index in [4.69, 9.17) is 5.11 Å². The van der Waals surface area contributed by atoms with Crippen molar-refractivity contribution in [3.05, 3.63) is 12.4 Å². The van der Waals surface area contributed by atoms with Crippen LogP contribution in [0.15, 0.2) is 12.4 Å². The van der Waals surface area contributed by atoms with Gasteiger partial charge in [0.2, 0.25) is 0 Å². The van der Waals surface area contributed by atoms with E-state index in [1.165, 1.54) is 0 Å². The molecule has 1 atom stereocenters. The molecule has 0 aliphatic carbocycles. The summed E-state index contributed by atoms with van der Waals surface area (Å²) in [5.74, 6) is 0.727. The van der Waals surface area contributed by atoms with Gasteiger partial charge in [0.15, 0.2) is 11.5 Å². The molecule has 92 valence electrons. The molecule has 1 unspecified atom stereocenters. The smallest absolute Gasteiger partial charge is 0.199 e. The zero-order valence-corrected chi connectivity index (χ0v) is 9.96. The highest BCUT2D eigenvalue weighted by atomic mass is 16.3. The topological polar surface area (TPSA) is 88.2 Å². The van der Waals surface area contributed by atoms with Crippen LogP contribution in [-0.2, 0) is 0 Å². The highest BCUT2D eigenvalue weighted by molar-refractivity contribution is 5.45. The Balaban J connectivity index is 2.31. The molecule has 7 nitrogen and oxygen atoms in total. The molecule has 17 heavy (non-hydrogen) atoms. The van der Waals surface area contributed by atoms with E-state index in [2.05, 4.69) is 32.7 Å². The molecule has 0 saturated carbocycles.